The molecule has 3 heterocycles. The number of imidazole rings is 1. The van der Waals surface area contributed by atoms with Crippen LogP contribution in [0.5, 0.6) is 11.5 Å². The fourth-order valence-corrected chi connectivity index (χ4v) is 2.65. The Morgan fingerprint density at radius 2 is 1.95 bits per heavy atom. The van der Waals surface area contributed by atoms with Crippen molar-refractivity contribution in [3.8, 4) is 11.5 Å². The minimum absolute atomic E-state index is 0.522. The lowest BCUT2D eigenvalue weighted by molar-refractivity contribution is 0.171. The van der Waals surface area contributed by atoms with Gasteiger partial charge in [0.25, 0.3) is 0 Å². The maximum Gasteiger partial charge on any atom is 0.197 e. The molecule has 0 saturated heterocycles. The molecule has 0 bridgehead atoms. The highest BCUT2D eigenvalue weighted by atomic mass is 35.5. The van der Waals surface area contributed by atoms with Crippen LogP contribution in [0.2, 0.25) is 5.02 Å². The van der Waals surface area contributed by atoms with Crippen LogP contribution >= 0.6 is 11.6 Å². The largest absolute Gasteiger partial charge is 0.486 e. The molecule has 7 heteroatoms. The number of benzene rings is 1. The number of ether oxygens (including phenoxy) is 2. The summed E-state index contributed by atoms with van der Waals surface area (Å²) in [7, 11) is 0. The Balaban J connectivity index is 1.73. The van der Waals surface area contributed by atoms with Gasteiger partial charge in [0, 0.05) is 12.4 Å². The van der Waals surface area contributed by atoms with Crippen LogP contribution in [0.3, 0.4) is 0 Å². The number of aromatic nitrogens is 4. The van der Waals surface area contributed by atoms with E-state index in [0.717, 1.165) is 11.2 Å². The van der Waals surface area contributed by atoms with Crippen LogP contribution in [0.25, 0.3) is 11.3 Å². The number of hydrogen-bond donors (Lipinski definition) is 0. The van der Waals surface area contributed by atoms with Crippen molar-refractivity contribution in [1.29, 1.82) is 0 Å². The summed E-state index contributed by atoms with van der Waals surface area (Å²) >= 11 is 6.25. The van der Waals surface area contributed by atoms with Crippen molar-refractivity contribution in [3.05, 3.63) is 41.4 Å². The Labute approximate surface area is 125 Å². The molecule has 106 valence electrons. The van der Waals surface area contributed by atoms with Gasteiger partial charge >= 0.3 is 0 Å². The van der Waals surface area contributed by atoms with E-state index in [2.05, 4.69) is 15.0 Å². The molecule has 0 saturated carbocycles. The second kappa shape index (κ2) is 4.89. The molecule has 21 heavy (non-hydrogen) atoms. The van der Waals surface area contributed by atoms with Gasteiger partial charge in [0.1, 0.15) is 13.2 Å². The third-order valence-corrected chi connectivity index (χ3v) is 3.54. The summed E-state index contributed by atoms with van der Waals surface area (Å²) in [6, 6.07) is 3.81. The highest BCUT2D eigenvalue weighted by molar-refractivity contribution is 6.32. The van der Waals surface area contributed by atoms with Gasteiger partial charge < -0.3 is 14.0 Å². The molecule has 6 nitrogen and oxygen atoms in total. The van der Waals surface area contributed by atoms with Crippen molar-refractivity contribution in [2.75, 3.05) is 13.2 Å². The Bertz CT molecular complexity index is 818. The Morgan fingerprint density at radius 3 is 2.90 bits per heavy atom. The zero-order valence-electron chi connectivity index (χ0n) is 11.0. The van der Waals surface area contributed by atoms with Crippen molar-refractivity contribution in [2.24, 2.45) is 0 Å². The first-order valence-corrected chi connectivity index (χ1v) is 6.89. The number of halogens is 1. The lowest BCUT2D eigenvalue weighted by Crippen LogP contribution is -2.16. The quantitative estimate of drug-likeness (QED) is 0.727. The number of nitrogens with zero attached hydrogens (tertiary/aromatic N) is 4. The summed E-state index contributed by atoms with van der Waals surface area (Å²) in [6.07, 6.45) is 4.99. The third-order valence-electron chi connectivity index (χ3n) is 3.26. The molecule has 3 aromatic rings. The van der Waals surface area contributed by atoms with E-state index in [-0.39, 0.29) is 0 Å². The molecule has 0 atom stereocenters. The molecule has 0 fully saturated rings. The van der Waals surface area contributed by atoms with Crippen molar-refractivity contribution < 1.29 is 9.47 Å². The smallest absolute Gasteiger partial charge is 0.197 e. The first-order valence-electron chi connectivity index (χ1n) is 6.51. The number of fused-ring (bicyclic) bond motifs is 2. The molecule has 1 aromatic carbocycles. The molecule has 0 N–H and O–H groups in total. The average Bonchev–Trinajstić information content (AvgIpc) is 2.91. The molecule has 4 rings (SSSR count). The molecule has 1 aliphatic rings. The Hall–Kier alpha value is -2.34. The zero-order chi connectivity index (χ0) is 14.2. The van der Waals surface area contributed by atoms with E-state index in [1.54, 1.807) is 18.7 Å². The van der Waals surface area contributed by atoms with Crippen molar-refractivity contribution >= 4 is 22.9 Å². The molecule has 2 aromatic heterocycles. The van der Waals surface area contributed by atoms with Gasteiger partial charge in [-0.15, -0.1) is 0 Å². The SMILES string of the molecule is Clc1cc(Cn2cnc3nccnc32)cc2c1OCCO2. The molecule has 0 aliphatic carbocycles. The summed E-state index contributed by atoms with van der Waals surface area (Å²) in [5.74, 6) is 1.29. The van der Waals surface area contributed by atoms with Gasteiger partial charge in [0.15, 0.2) is 22.8 Å². The summed E-state index contributed by atoms with van der Waals surface area (Å²) in [5, 5.41) is 0.553. The second-order valence-electron chi connectivity index (χ2n) is 4.68. The lowest BCUT2D eigenvalue weighted by Gasteiger charge is -2.20. The second-order valence-corrected chi connectivity index (χ2v) is 5.09. The van der Waals surface area contributed by atoms with Crippen LogP contribution in [0.4, 0.5) is 0 Å². The molecule has 0 unspecified atom stereocenters. The summed E-state index contributed by atoms with van der Waals surface area (Å²) in [5.41, 5.74) is 2.36. The maximum absolute atomic E-state index is 6.25. The van der Waals surface area contributed by atoms with E-state index in [1.807, 2.05) is 16.7 Å². The van der Waals surface area contributed by atoms with Crippen molar-refractivity contribution in [1.82, 2.24) is 19.5 Å². The summed E-state index contributed by atoms with van der Waals surface area (Å²) in [4.78, 5) is 12.7. The van der Waals surface area contributed by atoms with Crippen LogP contribution in [-0.2, 0) is 6.54 Å². The van der Waals surface area contributed by atoms with Crippen molar-refractivity contribution in [3.63, 3.8) is 0 Å². The summed E-state index contributed by atoms with van der Waals surface area (Å²) < 4.78 is 13.0. The van der Waals surface area contributed by atoms with Gasteiger partial charge in [0.05, 0.1) is 17.9 Å². The monoisotopic (exact) mass is 302 g/mol. The van der Waals surface area contributed by atoms with E-state index in [1.165, 1.54) is 0 Å². The molecular weight excluding hydrogens is 292 g/mol. The van der Waals surface area contributed by atoms with Gasteiger partial charge in [-0.3, -0.25) is 0 Å². The predicted octanol–water partition coefficient (Wildman–Crippen LogP) is 2.30. The van der Waals surface area contributed by atoms with Gasteiger partial charge in [0.2, 0.25) is 0 Å². The van der Waals surface area contributed by atoms with Gasteiger partial charge in [-0.1, -0.05) is 11.6 Å². The topological polar surface area (TPSA) is 62.1 Å². The van der Waals surface area contributed by atoms with Gasteiger partial charge in [-0.25, -0.2) is 15.0 Å². The van der Waals surface area contributed by atoms with Crippen LogP contribution in [0.15, 0.2) is 30.9 Å². The molecule has 0 amide bonds. The third kappa shape index (κ3) is 2.17. The predicted molar refractivity (Wildman–Crippen MR) is 76.9 cm³/mol. The number of hydrogen-bond acceptors (Lipinski definition) is 5. The molecule has 0 radical (unpaired) electrons. The van der Waals surface area contributed by atoms with Gasteiger partial charge in [-0.2, -0.15) is 0 Å². The fourth-order valence-electron chi connectivity index (χ4n) is 2.36. The maximum atomic E-state index is 6.25. The zero-order valence-corrected chi connectivity index (χ0v) is 11.7. The lowest BCUT2D eigenvalue weighted by atomic mass is 10.2. The average molecular weight is 303 g/mol. The van der Waals surface area contributed by atoms with E-state index in [9.17, 15) is 0 Å². The van der Waals surface area contributed by atoms with Crippen LogP contribution in [0.1, 0.15) is 5.56 Å². The van der Waals surface area contributed by atoms with Gasteiger partial charge in [-0.05, 0) is 17.7 Å². The summed E-state index contributed by atoms with van der Waals surface area (Å²) in [6.45, 7) is 1.64. The minimum atomic E-state index is 0.522. The Kier molecular flexibility index (Phi) is 2.89. The first-order chi connectivity index (χ1) is 10.3. The fraction of sp³-hybridized carbons (Fsp3) is 0.214. The van der Waals surface area contributed by atoms with E-state index < -0.39 is 0 Å². The standard InChI is InChI=1S/C14H11ClN4O2/c15-10-5-9(6-11-12(10)21-4-3-20-11)7-19-8-18-13-14(19)17-2-1-16-13/h1-2,5-6,8H,3-4,7H2. The molecular formula is C14H11ClN4O2. The normalized spacial score (nSPS) is 13.6. The Morgan fingerprint density at radius 1 is 1.10 bits per heavy atom. The van der Waals surface area contributed by atoms with E-state index in [4.69, 9.17) is 21.1 Å². The van der Waals surface area contributed by atoms with Crippen LogP contribution in [-0.4, -0.2) is 32.7 Å². The first kappa shape index (κ1) is 12.4. The van der Waals surface area contributed by atoms with E-state index in [0.29, 0.717) is 41.9 Å². The molecule has 1 aliphatic heterocycles. The minimum Gasteiger partial charge on any atom is -0.486 e. The van der Waals surface area contributed by atoms with Crippen LogP contribution < -0.4 is 9.47 Å². The molecule has 0 spiro atoms. The highest BCUT2D eigenvalue weighted by Crippen LogP contribution is 2.38. The number of rotatable bonds is 2. The van der Waals surface area contributed by atoms with Crippen molar-refractivity contribution in [2.45, 2.75) is 6.54 Å². The van der Waals surface area contributed by atoms with Crippen LogP contribution in [0, 0.1) is 0 Å². The van der Waals surface area contributed by atoms with E-state index >= 15 is 0 Å². The highest BCUT2D eigenvalue weighted by Gasteiger charge is 2.17.